The van der Waals surface area contributed by atoms with Crippen molar-refractivity contribution < 1.29 is 13.3 Å². The number of alkyl halides is 2. The number of rotatable bonds is 4. The minimum absolute atomic E-state index is 0.213. The largest absolute Gasteiger partial charge is 0.361 e. The lowest BCUT2D eigenvalue weighted by Gasteiger charge is -2.42. The predicted octanol–water partition coefficient (Wildman–Crippen LogP) is 4.44. The molecule has 5 rings (SSSR count). The van der Waals surface area contributed by atoms with Crippen molar-refractivity contribution in [3.05, 3.63) is 58.6 Å². The Morgan fingerprint density at radius 1 is 1.21 bits per heavy atom. The van der Waals surface area contributed by atoms with Crippen molar-refractivity contribution in [1.29, 1.82) is 0 Å². The zero-order valence-corrected chi connectivity index (χ0v) is 18.9. The fourth-order valence-corrected chi connectivity index (χ4v) is 4.94. The van der Waals surface area contributed by atoms with Crippen LogP contribution in [0.4, 0.5) is 8.78 Å². The van der Waals surface area contributed by atoms with Crippen molar-refractivity contribution in [2.75, 3.05) is 0 Å². The number of halogens is 2. The van der Waals surface area contributed by atoms with Crippen molar-refractivity contribution >= 4 is 26.7 Å². The van der Waals surface area contributed by atoms with Crippen molar-refractivity contribution in [3.8, 4) is 22.3 Å². The quantitative estimate of drug-likeness (QED) is 0.459. The predicted molar refractivity (Wildman–Crippen MR) is 127 cm³/mol. The molecule has 1 fully saturated rings. The molecule has 10 heteroatoms. The molecule has 1 N–H and O–H groups in total. The van der Waals surface area contributed by atoms with Crippen LogP contribution in [0, 0.1) is 19.8 Å². The number of nitrogens with zero attached hydrogens (tertiary/aromatic N) is 3. The van der Waals surface area contributed by atoms with Crippen LogP contribution in [-0.2, 0) is 5.34 Å². The van der Waals surface area contributed by atoms with Gasteiger partial charge in [-0.1, -0.05) is 5.16 Å². The van der Waals surface area contributed by atoms with Crippen LogP contribution in [0.2, 0.25) is 0 Å². The first-order chi connectivity index (χ1) is 16.1. The van der Waals surface area contributed by atoms with Crippen LogP contribution in [0.3, 0.4) is 0 Å². The summed E-state index contributed by atoms with van der Waals surface area (Å²) in [5.41, 5.74) is 4.83. The lowest BCUT2D eigenvalue weighted by molar-refractivity contribution is -0.0498. The molecule has 4 radical (unpaired) electrons. The van der Waals surface area contributed by atoms with E-state index in [2.05, 4.69) is 10.1 Å². The van der Waals surface area contributed by atoms with E-state index in [1.165, 1.54) is 6.07 Å². The molecule has 0 saturated heterocycles. The first-order valence-electron chi connectivity index (χ1n) is 11.2. The normalized spacial score (nSPS) is 16.8. The van der Waals surface area contributed by atoms with E-state index in [0.29, 0.717) is 16.8 Å². The Balaban J connectivity index is 1.69. The molecule has 1 aliphatic rings. The van der Waals surface area contributed by atoms with Gasteiger partial charge in [0.2, 0.25) is 11.5 Å². The zero-order valence-electron chi connectivity index (χ0n) is 18.9. The molecule has 6 nitrogen and oxygen atoms in total. The van der Waals surface area contributed by atoms with Crippen LogP contribution < -0.4 is 5.56 Å². The standard InChI is InChI=1S/C24H22B2F2N4O2/c1-13-21(14(2)34-31-13)16-9-19-22(30-11-16)18(15-3-4-20(33)29-10-15)12-32(19)24(25,26)17-5-7-23(27,28)8-6-17/h3-4,9-12,17H,5-8H2,1-2H3,(H,29,33). The number of hydrogen-bond acceptors (Lipinski definition) is 4. The second kappa shape index (κ2) is 7.96. The Kier molecular flexibility index (Phi) is 5.30. The highest BCUT2D eigenvalue weighted by Gasteiger charge is 2.41. The van der Waals surface area contributed by atoms with Gasteiger partial charge < -0.3 is 14.1 Å². The Bertz CT molecular complexity index is 1390. The Hall–Kier alpha value is -3.16. The van der Waals surface area contributed by atoms with Gasteiger partial charge in [0, 0.05) is 59.8 Å². The second-order valence-corrected chi connectivity index (χ2v) is 9.16. The van der Waals surface area contributed by atoms with Gasteiger partial charge in [-0.05, 0) is 50.1 Å². The summed E-state index contributed by atoms with van der Waals surface area (Å²) >= 11 is 0. The Labute approximate surface area is 197 Å². The molecule has 1 saturated carbocycles. The summed E-state index contributed by atoms with van der Waals surface area (Å²) in [6.45, 7) is 3.67. The molecule has 0 aliphatic heterocycles. The van der Waals surface area contributed by atoms with Crippen molar-refractivity contribution in [2.24, 2.45) is 5.92 Å². The number of pyridine rings is 2. The van der Waals surface area contributed by atoms with Gasteiger partial charge in [0.05, 0.1) is 32.4 Å². The molecule has 4 heterocycles. The first-order valence-corrected chi connectivity index (χ1v) is 11.2. The molecular formula is C24H22B2F2N4O2. The van der Waals surface area contributed by atoms with E-state index >= 15 is 0 Å². The smallest absolute Gasteiger partial charge is 0.248 e. The number of nitrogens with one attached hydrogen (secondary N) is 1. The van der Waals surface area contributed by atoms with Gasteiger partial charge in [0.15, 0.2) is 0 Å². The average Bonchev–Trinajstić information content (AvgIpc) is 3.33. The summed E-state index contributed by atoms with van der Waals surface area (Å²) < 4.78 is 34.7. The average molecular weight is 458 g/mol. The maximum absolute atomic E-state index is 13.8. The Morgan fingerprint density at radius 2 is 1.94 bits per heavy atom. The minimum Gasteiger partial charge on any atom is -0.361 e. The molecule has 0 bridgehead atoms. The lowest BCUT2D eigenvalue weighted by atomic mass is 9.52. The van der Waals surface area contributed by atoms with Gasteiger partial charge in [0.25, 0.3) is 0 Å². The highest BCUT2D eigenvalue weighted by Crippen LogP contribution is 2.43. The van der Waals surface area contributed by atoms with E-state index in [1.54, 1.807) is 29.2 Å². The van der Waals surface area contributed by atoms with Crippen LogP contribution in [0.15, 0.2) is 46.1 Å². The third kappa shape index (κ3) is 3.79. The molecular weight excluding hydrogens is 436 g/mol. The fourth-order valence-electron chi connectivity index (χ4n) is 4.94. The molecule has 1 aliphatic carbocycles. The number of fused-ring (bicyclic) bond motifs is 1. The fraction of sp³-hybridized carbons (Fsp3) is 0.375. The molecule has 34 heavy (non-hydrogen) atoms. The summed E-state index contributed by atoms with van der Waals surface area (Å²) in [7, 11) is 13.4. The minimum atomic E-state index is -2.69. The first kappa shape index (κ1) is 22.6. The molecule has 0 amide bonds. The van der Waals surface area contributed by atoms with Crippen LogP contribution >= 0.6 is 0 Å². The second-order valence-electron chi connectivity index (χ2n) is 9.16. The van der Waals surface area contributed by atoms with Crippen LogP contribution in [0.25, 0.3) is 33.3 Å². The van der Waals surface area contributed by atoms with Crippen molar-refractivity contribution in [1.82, 2.24) is 19.7 Å². The Morgan fingerprint density at radius 3 is 2.56 bits per heavy atom. The maximum Gasteiger partial charge on any atom is 0.248 e. The molecule has 0 spiro atoms. The summed E-state index contributed by atoms with van der Waals surface area (Å²) in [6.07, 6.45) is 5.04. The summed E-state index contributed by atoms with van der Waals surface area (Å²) in [4.78, 5) is 19.0. The molecule has 4 aromatic rings. The zero-order chi connectivity index (χ0) is 24.3. The maximum atomic E-state index is 13.8. The molecule has 0 unspecified atom stereocenters. The monoisotopic (exact) mass is 458 g/mol. The van der Waals surface area contributed by atoms with Gasteiger partial charge in [0.1, 0.15) is 5.76 Å². The van der Waals surface area contributed by atoms with Gasteiger partial charge in [-0.15, -0.1) is 0 Å². The van der Waals surface area contributed by atoms with Gasteiger partial charge >= 0.3 is 0 Å². The molecule has 0 atom stereocenters. The topological polar surface area (TPSA) is 76.7 Å². The number of aromatic nitrogens is 4. The SMILES string of the molecule is [B]C([B])(C1CCC(F)(F)CC1)n1cc(-c2ccc(=O)[nH]c2)c2ncc(-c3c(C)noc3C)cc21. The highest BCUT2D eigenvalue weighted by atomic mass is 19.3. The third-order valence-corrected chi connectivity index (χ3v) is 6.85. The van der Waals surface area contributed by atoms with Crippen molar-refractivity contribution in [2.45, 2.75) is 50.8 Å². The highest BCUT2D eigenvalue weighted by molar-refractivity contribution is 6.38. The van der Waals surface area contributed by atoms with Gasteiger partial charge in [-0.2, -0.15) is 0 Å². The molecule has 4 aromatic heterocycles. The molecule has 0 aromatic carbocycles. The van der Waals surface area contributed by atoms with Crippen LogP contribution in [0.1, 0.15) is 37.1 Å². The summed E-state index contributed by atoms with van der Waals surface area (Å²) in [5, 5.41) is 2.61. The van der Waals surface area contributed by atoms with Gasteiger partial charge in [-0.25, -0.2) is 8.78 Å². The number of hydrogen-bond donors (Lipinski definition) is 1. The number of aryl methyl sites for hydroxylation is 2. The number of H-pyrrole nitrogens is 1. The summed E-state index contributed by atoms with van der Waals surface area (Å²) in [5.74, 6) is -2.39. The van der Waals surface area contributed by atoms with E-state index in [1.807, 2.05) is 19.9 Å². The third-order valence-electron chi connectivity index (χ3n) is 6.85. The van der Waals surface area contributed by atoms with E-state index in [0.717, 1.165) is 27.9 Å². The van der Waals surface area contributed by atoms with E-state index in [9.17, 15) is 13.6 Å². The van der Waals surface area contributed by atoms with Crippen LogP contribution in [-0.4, -0.2) is 41.3 Å². The van der Waals surface area contributed by atoms with E-state index in [-0.39, 0.29) is 37.2 Å². The number of aromatic amines is 1. The van der Waals surface area contributed by atoms with E-state index < -0.39 is 11.3 Å². The summed E-state index contributed by atoms with van der Waals surface area (Å²) in [6, 6.07) is 5.03. The van der Waals surface area contributed by atoms with Gasteiger partial charge in [-0.3, -0.25) is 9.78 Å². The van der Waals surface area contributed by atoms with Crippen LogP contribution in [0.5, 0.6) is 0 Å². The van der Waals surface area contributed by atoms with Crippen molar-refractivity contribution in [3.63, 3.8) is 0 Å². The molecule has 170 valence electrons. The lowest BCUT2D eigenvalue weighted by Crippen LogP contribution is -2.45. The van der Waals surface area contributed by atoms with E-state index in [4.69, 9.17) is 25.2 Å².